The minimum atomic E-state index is 0. The fourth-order valence-corrected chi connectivity index (χ4v) is 3.63. The fraction of sp³-hybridized carbons (Fsp3) is 0.522. The highest BCUT2D eigenvalue weighted by Crippen LogP contribution is 2.44. The van der Waals surface area contributed by atoms with E-state index in [4.69, 9.17) is 14.1 Å². The van der Waals surface area contributed by atoms with Crippen LogP contribution in [0.3, 0.4) is 0 Å². The highest BCUT2D eigenvalue weighted by Gasteiger charge is 2.36. The number of halogens is 1. The normalized spacial score (nSPS) is 15.3. The quantitative estimate of drug-likeness (QED) is 0.267. The molecule has 0 radical (unpaired) electrons. The van der Waals surface area contributed by atoms with Gasteiger partial charge in [-0.3, -0.25) is 4.99 Å². The Morgan fingerprint density at radius 1 is 1.07 bits per heavy atom. The molecule has 0 unspecified atom stereocenters. The summed E-state index contributed by atoms with van der Waals surface area (Å²) in [6.07, 6.45) is 8.46. The van der Waals surface area contributed by atoms with Gasteiger partial charge in [0.1, 0.15) is 5.76 Å². The number of aliphatic imine (C=N–C) groups is 1. The predicted molar refractivity (Wildman–Crippen MR) is 129 cm³/mol. The molecule has 1 heterocycles. The summed E-state index contributed by atoms with van der Waals surface area (Å²) in [5, 5.41) is 6.97. The third kappa shape index (κ3) is 8.01. The van der Waals surface area contributed by atoms with E-state index in [0.717, 1.165) is 57.2 Å². The highest BCUT2D eigenvalue weighted by molar-refractivity contribution is 14.0. The van der Waals surface area contributed by atoms with Crippen LogP contribution in [0.15, 0.2) is 58.1 Å². The molecule has 0 aliphatic heterocycles. The lowest BCUT2D eigenvalue weighted by Crippen LogP contribution is -2.41. The van der Waals surface area contributed by atoms with Gasteiger partial charge >= 0.3 is 0 Å². The largest absolute Gasteiger partial charge is 0.469 e. The van der Waals surface area contributed by atoms with Crippen molar-refractivity contribution >= 4 is 29.9 Å². The van der Waals surface area contributed by atoms with E-state index in [1.165, 1.54) is 24.8 Å². The van der Waals surface area contributed by atoms with Gasteiger partial charge in [-0.25, -0.2) is 0 Å². The van der Waals surface area contributed by atoms with E-state index in [1.807, 2.05) is 12.1 Å². The first-order valence-corrected chi connectivity index (χ1v) is 10.4. The Morgan fingerprint density at radius 2 is 1.83 bits per heavy atom. The molecule has 1 aromatic carbocycles. The van der Waals surface area contributed by atoms with Crippen LogP contribution in [0, 0.1) is 5.41 Å². The highest BCUT2D eigenvalue weighted by atomic mass is 127. The standard InChI is InChI=1S/C23H33N3O2.HI/c1-27-18-14-23(12-6-13-23)19-26-22(25-16-11-21-9-5-17-28-21)24-15-10-20-7-3-2-4-8-20;/h2-5,7-9,17H,6,10-16,18-19H2,1H3,(H2,24,25,26);1H. The zero-order valence-electron chi connectivity index (χ0n) is 17.4. The van der Waals surface area contributed by atoms with E-state index in [0.29, 0.717) is 5.41 Å². The summed E-state index contributed by atoms with van der Waals surface area (Å²) >= 11 is 0. The third-order valence-electron chi connectivity index (χ3n) is 5.62. The van der Waals surface area contributed by atoms with Crippen LogP contribution in [0.4, 0.5) is 0 Å². The van der Waals surface area contributed by atoms with Crippen LogP contribution in [0.1, 0.15) is 37.0 Å². The van der Waals surface area contributed by atoms with Gasteiger partial charge < -0.3 is 19.8 Å². The molecule has 2 N–H and O–H groups in total. The molecule has 1 aliphatic rings. The van der Waals surface area contributed by atoms with Crippen molar-refractivity contribution in [1.29, 1.82) is 0 Å². The number of nitrogens with zero attached hydrogens (tertiary/aromatic N) is 1. The van der Waals surface area contributed by atoms with Crippen LogP contribution in [-0.2, 0) is 17.6 Å². The number of benzene rings is 1. The number of ether oxygens (including phenoxy) is 1. The number of furan rings is 1. The molecule has 0 atom stereocenters. The maximum Gasteiger partial charge on any atom is 0.191 e. The molecule has 6 heteroatoms. The first kappa shape index (κ1) is 23.7. The van der Waals surface area contributed by atoms with Crippen molar-refractivity contribution < 1.29 is 9.15 Å². The maximum absolute atomic E-state index is 5.43. The lowest BCUT2D eigenvalue weighted by molar-refractivity contribution is 0.0778. The van der Waals surface area contributed by atoms with Crippen LogP contribution >= 0.6 is 24.0 Å². The molecule has 0 amide bonds. The van der Waals surface area contributed by atoms with Crippen LogP contribution in [0.5, 0.6) is 0 Å². The number of methoxy groups -OCH3 is 1. The molecule has 0 spiro atoms. The van der Waals surface area contributed by atoms with Gasteiger partial charge in [-0.15, -0.1) is 24.0 Å². The summed E-state index contributed by atoms with van der Waals surface area (Å²) in [5.74, 6) is 1.89. The first-order chi connectivity index (χ1) is 13.8. The van der Waals surface area contributed by atoms with E-state index < -0.39 is 0 Å². The Kier molecular flexibility index (Phi) is 10.6. The zero-order valence-corrected chi connectivity index (χ0v) is 19.7. The second-order valence-electron chi connectivity index (χ2n) is 7.68. The van der Waals surface area contributed by atoms with Crippen molar-refractivity contribution in [2.45, 2.75) is 38.5 Å². The molecule has 1 aromatic heterocycles. The predicted octanol–water partition coefficient (Wildman–Crippen LogP) is 4.42. The minimum absolute atomic E-state index is 0. The molecular formula is C23H34IN3O2. The summed E-state index contributed by atoms with van der Waals surface area (Å²) in [7, 11) is 1.78. The van der Waals surface area contributed by atoms with Crippen molar-refractivity contribution in [1.82, 2.24) is 10.6 Å². The van der Waals surface area contributed by atoms with Gasteiger partial charge in [-0.05, 0) is 48.8 Å². The second-order valence-corrected chi connectivity index (χ2v) is 7.68. The lowest BCUT2D eigenvalue weighted by atomic mass is 9.67. The fourth-order valence-electron chi connectivity index (χ4n) is 3.63. The number of hydrogen-bond acceptors (Lipinski definition) is 3. The van der Waals surface area contributed by atoms with Crippen LogP contribution < -0.4 is 10.6 Å². The van der Waals surface area contributed by atoms with E-state index in [-0.39, 0.29) is 24.0 Å². The molecular weight excluding hydrogens is 477 g/mol. The van der Waals surface area contributed by atoms with E-state index in [1.54, 1.807) is 13.4 Å². The molecule has 1 saturated carbocycles. The molecule has 2 aromatic rings. The van der Waals surface area contributed by atoms with Crippen LogP contribution in [0.2, 0.25) is 0 Å². The van der Waals surface area contributed by atoms with Gasteiger partial charge in [0.05, 0.1) is 6.26 Å². The van der Waals surface area contributed by atoms with E-state index in [2.05, 4.69) is 41.0 Å². The number of nitrogens with one attached hydrogen (secondary N) is 2. The second kappa shape index (κ2) is 12.9. The summed E-state index contributed by atoms with van der Waals surface area (Å²) in [6, 6.07) is 14.5. The van der Waals surface area contributed by atoms with Gasteiger partial charge in [-0.1, -0.05) is 36.8 Å². The molecule has 5 nitrogen and oxygen atoms in total. The monoisotopic (exact) mass is 511 g/mol. The molecule has 0 saturated heterocycles. The van der Waals surface area contributed by atoms with Gasteiger partial charge in [0.15, 0.2) is 5.96 Å². The van der Waals surface area contributed by atoms with Gasteiger partial charge in [0.25, 0.3) is 0 Å². The van der Waals surface area contributed by atoms with Gasteiger partial charge in [0.2, 0.25) is 0 Å². The third-order valence-corrected chi connectivity index (χ3v) is 5.62. The molecule has 1 fully saturated rings. The first-order valence-electron chi connectivity index (χ1n) is 10.4. The summed E-state index contributed by atoms with van der Waals surface area (Å²) in [6.45, 7) is 3.34. The molecule has 1 aliphatic carbocycles. The van der Waals surface area contributed by atoms with Gasteiger partial charge in [-0.2, -0.15) is 0 Å². The SMILES string of the molecule is COCCC1(CN=C(NCCc2ccccc2)NCCc2ccco2)CCC1.I. The van der Waals surface area contributed by atoms with Crippen LogP contribution in [-0.4, -0.2) is 39.3 Å². The van der Waals surface area contributed by atoms with Crippen molar-refractivity contribution in [3.63, 3.8) is 0 Å². The Balaban J connectivity index is 0.00000300. The lowest BCUT2D eigenvalue weighted by Gasteiger charge is -2.40. The van der Waals surface area contributed by atoms with Crippen LogP contribution in [0.25, 0.3) is 0 Å². The smallest absolute Gasteiger partial charge is 0.191 e. The maximum atomic E-state index is 5.43. The Bertz CT molecular complexity index is 700. The Hall–Kier alpha value is -1.54. The Labute approximate surface area is 191 Å². The van der Waals surface area contributed by atoms with Crippen molar-refractivity contribution in [2.75, 3.05) is 33.4 Å². The minimum Gasteiger partial charge on any atom is -0.469 e. The molecule has 160 valence electrons. The topological polar surface area (TPSA) is 58.8 Å². The number of hydrogen-bond donors (Lipinski definition) is 2. The summed E-state index contributed by atoms with van der Waals surface area (Å²) in [4.78, 5) is 4.93. The average molecular weight is 511 g/mol. The van der Waals surface area contributed by atoms with Crippen molar-refractivity contribution in [2.24, 2.45) is 10.4 Å². The Morgan fingerprint density at radius 3 is 2.45 bits per heavy atom. The average Bonchev–Trinajstić information content (AvgIpc) is 3.21. The van der Waals surface area contributed by atoms with E-state index in [9.17, 15) is 0 Å². The molecule has 29 heavy (non-hydrogen) atoms. The number of rotatable bonds is 11. The van der Waals surface area contributed by atoms with E-state index >= 15 is 0 Å². The zero-order chi connectivity index (χ0) is 19.5. The molecule has 0 bridgehead atoms. The molecule has 3 rings (SSSR count). The summed E-state index contributed by atoms with van der Waals surface area (Å²) in [5.41, 5.74) is 1.66. The summed E-state index contributed by atoms with van der Waals surface area (Å²) < 4.78 is 10.7. The van der Waals surface area contributed by atoms with Gasteiger partial charge in [0, 0.05) is 39.8 Å². The number of guanidine groups is 1. The van der Waals surface area contributed by atoms with Crippen molar-refractivity contribution in [3.05, 3.63) is 60.1 Å². The van der Waals surface area contributed by atoms with Crippen molar-refractivity contribution in [3.8, 4) is 0 Å².